The standard InChI is InChI=1S/C19H35NO2/c1-18(2,3)15(16(21)19(4,5)6)14(17(20)22)12-11-13-9-7-8-10-13/h13-15H,7-12H2,1-6H3,(H2,20,22)/t14-,15+/m0/s1. The summed E-state index contributed by atoms with van der Waals surface area (Å²) in [5, 5.41) is 0. The molecule has 0 bridgehead atoms. The second-order valence-electron chi connectivity index (χ2n) is 9.19. The van der Waals surface area contributed by atoms with Crippen LogP contribution in [-0.2, 0) is 9.59 Å². The summed E-state index contributed by atoms with van der Waals surface area (Å²) in [6.45, 7) is 11.9. The van der Waals surface area contributed by atoms with Gasteiger partial charge in [-0.2, -0.15) is 0 Å². The van der Waals surface area contributed by atoms with Gasteiger partial charge in [-0.15, -0.1) is 0 Å². The van der Waals surface area contributed by atoms with Crippen molar-refractivity contribution in [2.75, 3.05) is 0 Å². The van der Waals surface area contributed by atoms with E-state index in [0.29, 0.717) is 5.92 Å². The van der Waals surface area contributed by atoms with Crippen molar-refractivity contribution in [2.24, 2.45) is 34.3 Å². The number of nitrogens with two attached hydrogens (primary N) is 1. The van der Waals surface area contributed by atoms with Gasteiger partial charge in [-0.3, -0.25) is 9.59 Å². The zero-order chi connectivity index (χ0) is 17.1. The molecule has 0 spiro atoms. The van der Waals surface area contributed by atoms with Crippen molar-refractivity contribution in [1.29, 1.82) is 0 Å². The van der Waals surface area contributed by atoms with E-state index in [-0.39, 0.29) is 28.9 Å². The van der Waals surface area contributed by atoms with Crippen molar-refractivity contribution < 1.29 is 9.59 Å². The predicted molar refractivity (Wildman–Crippen MR) is 91.3 cm³/mol. The van der Waals surface area contributed by atoms with Crippen LogP contribution in [0.1, 0.15) is 80.1 Å². The van der Waals surface area contributed by atoms with Crippen molar-refractivity contribution in [2.45, 2.75) is 80.1 Å². The first-order valence-electron chi connectivity index (χ1n) is 8.78. The van der Waals surface area contributed by atoms with Crippen molar-refractivity contribution in [3.05, 3.63) is 0 Å². The minimum Gasteiger partial charge on any atom is -0.369 e. The first kappa shape index (κ1) is 19.2. The van der Waals surface area contributed by atoms with Crippen LogP contribution < -0.4 is 5.73 Å². The Morgan fingerprint density at radius 2 is 1.55 bits per heavy atom. The van der Waals surface area contributed by atoms with E-state index in [1.54, 1.807) is 0 Å². The lowest BCUT2D eigenvalue weighted by Gasteiger charge is -2.38. The molecule has 1 aliphatic rings. The highest BCUT2D eigenvalue weighted by molar-refractivity contribution is 5.91. The minimum atomic E-state index is -0.445. The van der Waals surface area contributed by atoms with Gasteiger partial charge in [-0.1, -0.05) is 67.2 Å². The average molecular weight is 309 g/mol. The highest BCUT2D eigenvalue weighted by atomic mass is 16.1. The molecular formula is C19H35NO2. The number of hydrogen-bond donors (Lipinski definition) is 1. The van der Waals surface area contributed by atoms with E-state index in [1.165, 1.54) is 25.7 Å². The molecule has 3 heteroatoms. The van der Waals surface area contributed by atoms with E-state index in [2.05, 4.69) is 0 Å². The number of carbonyl (C=O) groups excluding carboxylic acids is 2. The quantitative estimate of drug-likeness (QED) is 0.793. The number of primary amides is 1. The van der Waals surface area contributed by atoms with Gasteiger partial charge < -0.3 is 5.73 Å². The Morgan fingerprint density at radius 1 is 1.05 bits per heavy atom. The third kappa shape index (κ3) is 5.10. The molecule has 1 aliphatic carbocycles. The number of Topliss-reactive ketones (excluding diaryl/α,β-unsaturated/α-hetero) is 1. The van der Waals surface area contributed by atoms with Gasteiger partial charge in [0, 0.05) is 17.3 Å². The van der Waals surface area contributed by atoms with Crippen LogP contribution in [0.5, 0.6) is 0 Å². The fourth-order valence-electron chi connectivity index (χ4n) is 3.83. The maximum absolute atomic E-state index is 12.9. The Morgan fingerprint density at radius 3 is 1.91 bits per heavy atom. The second-order valence-corrected chi connectivity index (χ2v) is 9.19. The fourth-order valence-corrected chi connectivity index (χ4v) is 3.83. The Hall–Kier alpha value is -0.860. The molecule has 0 radical (unpaired) electrons. The first-order chi connectivity index (χ1) is 9.94. The molecule has 2 atom stereocenters. The highest BCUT2D eigenvalue weighted by Crippen LogP contribution is 2.41. The molecule has 3 nitrogen and oxygen atoms in total. The van der Waals surface area contributed by atoms with Crippen LogP contribution in [0.25, 0.3) is 0 Å². The van der Waals surface area contributed by atoms with Gasteiger partial charge in [-0.05, 0) is 24.2 Å². The van der Waals surface area contributed by atoms with Gasteiger partial charge >= 0.3 is 0 Å². The number of carbonyl (C=O) groups is 2. The lowest BCUT2D eigenvalue weighted by molar-refractivity contribution is -0.142. The highest BCUT2D eigenvalue weighted by Gasteiger charge is 2.44. The summed E-state index contributed by atoms with van der Waals surface area (Å²) < 4.78 is 0. The normalized spacial score (nSPS) is 19.9. The van der Waals surface area contributed by atoms with E-state index in [4.69, 9.17) is 5.73 Å². The van der Waals surface area contributed by atoms with E-state index >= 15 is 0 Å². The zero-order valence-corrected chi connectivity index (χ0v) is 15.4. The molecule has 0 aromatic heterocycles. The molecule has 0 aromatic carbocycles. The maximum Gasteiger partial charge on any atom is 0.221 e. The molecule has 0 saturated heterocycles. The Bertz CT molecular complexity index is 395. The van der Waals surface area contributed by atoms with Gasteiger partial charge in [-0.25, -0.2) is 0 Å². The molecule has 0 aromatic rings. The van der Waals surface area contributed by atoms with Gasteiger partial charge in [0.15, 0.2) is 0 Å². The minimum absolute atomic E-state index is 0.162. The number of ketones is 1. The van der Waals surface area contributed by atoms with Crippen LogP contribution in [0.4, 0.5) is 0 Å². The van der Waals surface area contributed by atoms with Gasteiger partial charge in [0.05, 0.1) is 0 Å². The molecule has 128 valence electrons. The monoisotopic (exact) mass is 309 g/mol. The van der Waals surface area contributed by atoms with Crippen molar-refractivity contribution in [3.63, 3.8) is 0 Å². The average Bonchev–Trinajstić information content (AvgIpc) is 2.83. The Kier molecular flexibility index (Phi) is 6.23. The molecule has 1 amide bonds. The van der Waals surface area contributed by atoms with Gasteiger partial charge in [0.25, 0.3) is 0 Å². The van der Waals surface area contributed by atoms with E-state index in [0.717, 1.165) is 12.8 Å². The summed E-state index contributed by atoms with van der Waals surface area (Å²) in [6.07, 6.45) is 6.91. The summed E-state index contributed by atoms with van der Waals surface area (Å²) >= 11 is 0. The van der Waals surface area contributed by atoms with Crippen LogP contribution in [0.15, 0.2) is 0 Å². The SMILES string of the molecule is CC(C)(C)C(=O)[C@@H]([C@H](CCC1CCCC1)C(N)=O)C(C)(C)C. The molecule has 1 saturated carbocycles. The lowest BCUT2D eigenvalue weighted by Crippen LogP contribution is -2.45. The zero-order valence-electron chi connectivity index (χ0n) is 15.4. The van der Waals surface area contributed by atoms with Crippen LogP contribution in [0.3, 0.4) is 0 Å². The van der Waals surface area contributed by atoms with Crippen LogP contribution >= 0.6 is 0 Å². The van der Waals surface area contributed by atoms with Crippen LogP contribution in [-0.4, -0.2) is 11.7 Å². The summed E-state index contributed by atoms with van der Waals surface area (Å²) in [5.74, 6) is -0.0725. The largest absolute Gasteiger partial charge is 0.369 e. The summed E-state index contributed by atoms with van der Waals surface area (Å²) in [4.78, 5) is 25.0. The van der Waals surface area contributed by atoms with E-state index in [9.17, 15) is 9.59 Å². The number of amides is 1. The molecule has 22 heavy (non-hydrogen) atoms. The van der Waals surface area contributed by atoms with Crippen molar-refractivity contribution >= 4 is 11.7 Å². The third-order valence-electron chi connectivity index (χ3n) is 5.08. The first-order valence-corrected chi connectivity index (χ1v) is 8.78. The molecule has 0 aliphatic heterocycles. The summed E-state index contributed by atoms with van der Waals surface area (Å²) in [7, 11) is 0. The maximum atomic E-state index is 12.9. The van der Waals surface area contributed by atoms with Crippen molar-refractivity contribution in [3.8, 4) is 0 Å². The smallest absolute Gasteiger partial charge is 0.221 e. The summed E-state index contributed by atoms with van der Waals surface area (Å²) in [5.41, 5.74) is 5.01. The Labute approximate surface area is 136 Å². The van der Waals surface area contributed by atoms with Crippen LogP contribution in [0.2, 0.25) is 0 Å². The molecular weight excluding hydrogens is 274 g/mol. The third-order valence-corrected chi connectivity index (χ3v) is 5.08. The summed E-state index contributed by atoms with van der Waals surface area (Å²) in [6, 6.07) is 0. The lowest BCUT2D eigenvalue weighted by atomic mass is 9.64. The topological polar surface area (TPSA) is 60.2 Å². The molecule has 0 heterocycles. The fraction of sp³-hybridized carbons (Fsp3) is 0.895. The van der Waals surface area contributed by atoms with E-state index < -0.39 is 5.41 Å². The van der Waals surface area contributed by atoms with Crippen LogP contribution in [0, 0.1) is 28.6 Å². The number of hydrogen-bond acceptors (Lipinski definition) is 2. The molecule has 1 rings (SSSR count). The Balaban J connectivity index is 2.94. The van der Waals surface area contributed by atoms with E-state index in [1.807, 2.05) is 41.5 Å². The number of rotatable bonds is 6. The molecule has 1 fully saturated rings. The predicted octanol–water partition coefficient (Wildman–Crippen LogP) is 4.34. The molecule has 2 N–H and O–H groups in total. The van der Waals surface area contributed by atoms with Crippen molar-refractivity contribution in [1.82, 2.24) is 0 Å². The van der Waals surface area contributed by atoms with Gasteiger partial charge in [0.1, 0.15) is 5.78 Å². The molecule has 0 unspecified atom stereocenters. The van der Waals surface area contributed by atoms with Gasteiger partial charge in [0.2, 0.25) is 5.91 Å². The second kappa shape index (κ2) is 7.14.